The van der Waals surface area contributed by atoms with Crippen molar-refractivity contribution < 1.29 is 27.5 Å². The van der Waals surface area contributed by atoms with Gasteiger partial charge in [-0.05, 0) is 29.8 Å². The molecule has 1 radical (unpaired) electrons. The predicted molar refractivity (Wildman–Crippen MR) is 77.4 cm³/mol. The van der Waals surface area contributed by atoms with Crippen LogP contribution in [0.3, 0.4) is 0 Å². The highest BCUT2D eigenvalue weighted by molar-refractivity contribution is 5.79. The van der Waals surface area contributed by atoms with Gasteiger partial charge in [-0.25, -0.2) is 0 Å². The lowest BCUT2D eigenvalue weighted by atomic mass is 10.2. The van der Waals surface area contributed by atoms with Crippen molar-refractivity contribution in [3.8, 4) is 11.5 Å². The van der Waals surface area contributed by atoms with Gasteiger partial charge in [-0.15, -0.1) is 13.2 Å². The van der Waals surface area contributed by atoms with Crippen LogP contribution in [-0.2, 0) is 11.4 Å². The minimum atomic E-state index is -4.70. The number of alkyl halides is 3. The Morgan fingerprint density at radius 1 is 1.04 bits per heavy atom. The molecule has 0 amide bonds. The maximum absolute atomic E-state index is 12.0. The van der Waals surface area contributed by atoms with Crippen LogP contribution in [0.1, 0.15) is 11.1 Å². The number of hydrogen-bond acceptors (Lipinski definition) is 4. The van der Waals surface area contributed by atoms with E-state index in [1.807, 2.05) is 0 Å². The van der Waals surface area contributed by atoms with Crippen molar-refractivity contribution in [2.45, 2.75) is 13.0 Å². The summed E-state index contributed by atoms with van der Waals surface area (Å²) in [5.74, 6) is 0.387. The van der Waals surface area contributed by atoms with Crippen LogP contribution in [0, 0.1) is 0 Å². The first kappa shape index (κ1) is 16.7. The van der Waals surface area contributed by atoms with E-state index in [1.165, 1.54) is 24.3 Å². The average Bonchev–Trinajstić information content (AvgIpc) is 2.52. The zero-order valence-electron chi connectivity index (χ0n) is 12.1. The molecule has 0 bridgehead atoms. The Bertz CT molecular complexity index is 654. The van der Waals surface area contributed by atoms with E-state index < -0.39 is 6.36 Å². The molecule has 0 aliphatic rings. The first-order chi connectivity index (χ1) is 11.0. The maximum atomic E-state index is 12.0. The van der Waals surface area contributed by atoms with Crippen LogP contribution < -0.4 is 9.47 Å². The fourth-order valence-electron chi connectivity index (χ4n) is 1.67. The molecule has 0 aliphatic heterocycles. The second-order valence-corrected chi connectivity index (χ2v) is 4.40. The van der Waals surface area contributed by atoms with Gasteiger partial charge in [-0.1, -0.05) is 29.4 Å². The summed E-state index contributed by atoms with van der Waals surface area (Å²) in [7, 11) is 1.55. The largest absolute Gasteiger partial charge is 0.573 e. The van der Waals surface area contributed by atoms with E-state index in [0.29, 0.717) is 16.9 Å². The van der Waals surface area contributed by atoms with Crippen LogP contribution in [0.5, 0.6) is 11.5 Å². The van der Waals surface area contributed by atoms with Crippen LogP contribution in [0.2, 0.25) is 0 Å². The number of hydrogen-bond donors (Lipinski definition) is 0. The first-order valence-corrected chi connectivity index (χ1v) is 6.53. The predicted octanol–water partition coefficient (Wildman–Crippen LogP) is 4.02. The highest BCUT2D eigenvalue weighted by atomic mass is 19.4. The molecule has 121 valence electrons. The molecule has 0 saturated carbocycles. The van der Waals surface area contributed by atoms with Gasteiger partial charge in [0, 0.05) is 5.56 Å². The van der Waals surface area contributed by atoms with Crippen LogP contribution in [-0.4, -0.2) is 19.7 Å². The number of nitrogens with zero attached hydrogens (tertiary/aromatic N) is 1. The molecular formula is C16H13F3NO3. The van der Waals surface area contributed by atoms with Gasteiger partial charge in [0.25, 0.3) is 0 Å². The quantitative estimate of drug-likeness (QED) is 0.595. The summed E-state index contributed by atoms with van der Waals surface area (Å²) in [6.07, 6.45) is -2.02. The van der Waals surface area contributed by atoms with Gasteiger partial charge in [0.2, 0.25) is 0 Å². The smallest absolute Gasteiger partial charge is 0.497 e. The van der Waals surface area contributed by atoms with E-state index >= 15 is 0 Å². The maximum Gasteiger partial charge on any atom is 0.573 e. The molecule has 0 atom stereocenters. The van der Waals surface area contributed by atoms with E-state index in [-0.39, 0.29) is 12.4 Å². The topological polar surface area (TPSA) is 40.0 Å². The van der Waals surface area contributed by atoms with E-state index in [4.69, 9.17) is 9.57 Å². The molecule has 0 spiro atoms. The lowest BCUT2D eigenvalue weighted by Crippen LogP contribution is -2.17. The summed E-state index contributed by atoms with van der Waals surface area (Å²) in [6, 6.07) is 12.4. The van der Waals surface area contributed by atoms with Crippen molar-refractivity contribution in [1.29, 1.82) is 0 Å². The number of methoxy groups -OCH3 is 1. The Hall–Kier alpha value is -2.70. The highest BCUT2D eigenvalue weighted by Crippen LogP contribution is 2.22. The van der Waals surface area contributed by atoms with Crippen molar-refractivity contribution >= 4 is 6.21 Å². The Balaban J connectivity index is 1.85. The molecule has 0 fully saturated rings. The summed E-state index contributed by atoms with van der Waals surface area (Å²) in [5.41, 5.74) is 1.33. The Labute approximate surface area is 131 Å². The fraction of sp³-hybridized carbons (Fsp3) is 0.188. The van der Waals surface area contributed by atoms with Crippen molar-refractivity contribution in [3.05, 3.63) is 59.7 Å². The van der Waals surface area contributed by atoms with E-state index in [2.05, 4.69) is 16.1 Å². The van der Waals surface area contributed by atoms with Crippen LogP contribution >= 0.6 is 0 Å². The zero-order valence-corrected chi connectivity index (χ0v) is 12.1. The van der Waals surface area contributed by atoms with Gasteiger partial charge in [0.15, 0.2) is 0 Å². The van der Waals surface area contributed by atoms with Gasteiger partial charge in [0.1, 0.15) is 24.3 Å². The molecular weight excluding hydrogens is 311 g/mol. The Morgan fingerprint density at radius 3 is 2.43 bits per heavy atom. The SMILES string of the molecule is COc1cccc(/[C]=N\OCc2ccc(OC(F)(F)F)cc2)c1. The molecule has 0 unspecified atom stereocenters. The molecule has 0 aromatic heterocycles. The molecule has 0 saturated heterocycles. The monoisotopic (exact) mass is 324 g/mol. The molecule has 4 nitrogen and oxygen atoms in total. The zero-order chi connectivity index (χ0) is 16.7. The van der Waals surface area contributed by atoms with Crippen molar-refractivity contribution in [2.24, 2.45) is 5.16 Å². The summed E-state index contributed by atoms with van der Waals surface area (Å²) in [5, 5.41) is 3.68. The normalized spacial score (nSPS) is 11.5. The number of benzene rings is 2. The minimum absolute atomic E-state index is 0.100. The Morgan fingerprint density at radius 2 is 1.78 bits per heavy atom. The van der Waals surface area contributed by atoms with Gasteiger partial charge in [0.05, 0.1) is 7.11 Å². The summed E-state index contributed by atoms with van der Waals surface area (Å²) < 4.78 is 44.9. The molecule has 7 heteroatoms. The van der Waals surface area contributed by atoms with Crippen LogP contribution in [0.15, 0.2) is 53.7 Å². The molecule has 2 aromatic rings. The summed E-state index contributed by atoms with van der Waals surface area (Å²) in [6.45, 7) is 0.100. The summed E-state index contributed by atoms with van der Waals surface area (Å²) in [4.78, 5) is 5.05. The molecule has 0 heterocycles. The highest BCUT2D eigenvalue weighted by Gasteiger charge is 2.30. The standard InChI is InChI=1S/C16H13F3NO3/c1-21-15-4-2-3-13(9-15)10-20-22-11-12-5-7-14(8-6-12)23-16(17,18)19/h2-9H,11H2,1H3. The first-order valence-electron chi connectivity index (χ1n) is 6.53. The molecule has 2 rings (SSSR count). The van der Waals surface area contributed by atoms with Gasteiger partial charge in [-0.2, -0.15) is 0 Å². The molecule has 0 aliphatic carbocycles. The van der Waals surface area contributed by atoms with Crippen LogP contribution in [0.25, 0.3) is 0 Å². The molecule has 0 N–H and O–H groups in total. The van der Waals surface area contributed by atoms with Crippen molar-refractivity contribution in [3.63, 3.8) is 0 Å². The lowest BCUT2D eigenvalue weighted by molar-refractivity contribution is -0.274. The number of ether oxygens (including phenoxy) is 2. The molecule has 2 aromatic carbocycles. The third-order valence-electron chi connectivity index (χ3n) is 2.70. The summed E-state index contributed by atoms with van der Waals surface area (Å²) >= 11 is 0. The van der Waals surface area contributed by atoms with Gasteiger partial charge >= 0.3 is 6.36 Å². The Kier molecular flexibility index (Phi) is 5.46. The third-order valence-corrected chi connectivity index (χ3v) is 2.70. The van der Waals surface area contributed by atoms with E-state index in [9.17, 15) is 13.2 Å². The second-order valence-electron chi connectivity index (χ2n) is 4.40. The van der Waals surface area contributed by atoms with Gasteiger partial charge in [-0.3, -0.25) is 0 Å². The van der Waals surface area contributed by atoms with Crippen LogP contribution in [0.4, 0.5) is 13.2 Å². The number of halogens is 3. The molecule has 23 heavy (non-hydrogen) atoms. The third kappa shape index (κ3) is 5.90. The number of rotatable bonds is 6. The van der Waals surface area contributed by atoms with Crippen molar-refractivity contribution in [1.82, 2.24) is 0 Å². The van der Waals surface area contributed by atoms with Gasteiger partial charge < -0.3 is 14.3 Å². The van der Waals surface area contributed by atoms with E-state index in [1.54, 1.807) is 31.4 Å². The fourth-order valence-corrected chi connectivity index (χ4v) is 1.67. The minimum Gasteiger partial charge on any atom is -0.497 e. The lowest BCUT2D eigenvalue weighted by Gasteiger charge is -2.08. The second kappa shape index (κ2) is 7.53. The van der Waals surface area contributed by atoms with E-state index in [0.717, 1.165) is 0 Å². The average molecular weight is 324 g/mol. The van der Waals surface area contributed by atoms with Crippen molar-refractivity contribution in [2.75, 3.05) is 7.11 Å².